The Morgan fingerprint density at radius 3 is 2.71 bits per heavy atom. The van der Waals surface area contributed by atoms with E-state index in [-0.39, 0.29) is 6.10 Å². The van der Waals surface area contributed by atoms with Crippen molar-refractivity contribution in [2.24, 2.45) is 0 Å². The number of hydrogen-bond acceptors (Lipinski definition) is 5. The topological polar surface area (TPSA) is 63.3 Å². The standard InChI is InChI=1S/C25H24Cl2N4O3/c1-2-31-17-29-12-24(31)18-3-6-20(7-4-18)32-13-21-14-33-25(34-21,15-30-10-9-28-16-30)22-8-5-19(26)11-23(22)27/h3-12,16-17,21H,2,13-15H2,1H3/t21-,25-/m1/s1. The quantitative estimate of drug-likeness (QED) is 0.324. The van der Waals surface area contributed by atoms with Crippen molar-refractivity contribution in [3.63, 3.8) is 0 Å². The molecule has 7 nitrogen and oxygen atoms in total. The number of aromatic nitrogens is 4. The summed E-state index contributed by atoms with van der Waals surface area (Å²) in [6.45, 7) is 4.05. The Kier molecular flexibility index (Phi) is 6.61. The minimum atomic E-state index is -1.07. The molecule has 1 aliphatic heterocycles. The Labute approximate surface area is 207 Å². The molecule has 5 rings (SSSR count). The molecule has 2 atom stereocenters. The summed E-state index contributed by atoms with van der Waals surface area (Å²) in [5.74, 6) is -0.315. The van der Waals surface area contributed by atoms with Crippen molar-refractivity contribution in [1.82, 2.24) is 19.1 Å². The molecule has 0 aliphatic carbocycles. The molecule has 0 amide bonds. The first-order chi connectivity index (χ1) is 16.6. The van der Waals surface area contributed by atoms with Gasteiger partial charge in [-0.2, -0.15) is 0 Å². The van der Waals surface area contributed by atoms with Crippen LogP contribution in [-0.2, 0) is 28.4 Å². The second-order valence-electron chi connectivity index (χ2n) is 8.06. The fourth-order valence-corrected chi connectivity index (χ4v) is 4.65. The van der Waals surface area contributed by atoms with E-state index in [2.05, 4.69) is 21.5 Å². The van der Waals surface area contributed by atoms with E-state index in [0.717, 1.165) is 23.6 Å². The average molecular weight is 499 g/mol. The van der Waals surface area contributed by atoms with Gasteiger partial charge in [-0.05, 0) is 43.3 Å². The van der Waals surface area contributed by atoms with E-state index >= 15 is 0 Å². The summed E-state index contributed by atoms with van der Waals surface area (Å²) in [5.41, 5.74) is 2.88. The predicted octanol–water partition coefficient (Wildman–Crippen LogP) is 5.42. The van der Waals surface area contributed by atoms with Gasteiger partial charge in [0.1, 0.15) is 18.5 Å². The van der Waals surface area contributed by atoms with E-state index in [0.29, 0.717) is 35.4 Å². The van der Waals surface area contributed by atoms with Gasteiger partial charge in [-0.25, -0.2) is 9.97 Å². The van der Waals surface area contributed by atoms with Crippen molar-refractivity contribution in [2.45, 2.75) is 31.9 Å². The summed E-state index contributed by atoms with van der Waals surface area (Å²) in [6, 6.07) is 13.3. The third kappa shape index (κ3) is 4.70. The Morgan fingerprint density at radius 1 is 1.12 bits per heavy atom. The zero-order valence-electron chi connectivity index (χ0n) is 18.6. The van der Waals surface area contributed by atoms with Crippen LogP contribution in [0.5, 0.6) is 5.75 Å². The largest absolute Gasteiger partial charge is 0.491 e. The molecule has 2 aromatic carbocycles. The lowest BCUT2D eigenvalue weighted by molar-refractivity contribution is -0.189. The van der Waals surface area contributed by atoms with E-state index in [9.17, 15) is 0 Å². The number of nitrogens with zero attached hydrogens (tertiary/aromatic N) is 4. The van der Waals surface area contributed by atoms with Gasteiger partial charge >= 0.3 is 0 Å². The van der Waals surface area contributed by atoms with Crippen molar-refractivity contribution in [1.29, 1.82) is 0 Å². The van der Waals surface area contributed by atoms with E-state index in [1.54, 1.807) is 24.7 Å². The summed E-state index contributed by atoms with van der Waals surface area (Å²) < 4.78 is 22.7. The molecule has 9 heteroatoms. The first-order valence-electron chi connectivity index (χ1n) is 11.0. The second-order valence-corrected chi connectivity index (χ2v) is 8.91. The molecule has 0 bridgehead atoms. The zero-order chi connectivity index (χ0) is 23.5. The first kappa shape index (κ1) is 22.9. The normalized spacial score (nSPS) is 20.0. The Balaban J connectivity index is 1.29. The minimum absolute atomic E-state index is 0.281. The molecule has 0 unspecified atom stereocenters. The van der Waals surface area contributed by atoms with Crippen molar-refractivity contribution in [3.8, 4) is 17.0 Å². The maximum atomic E-state index is 6.53. The summed E-state index contributed by atoms with van der Waals surface area (Å²) in [6.07, 6.45) is 8.70. The zero-order valence-corrected chi connectivity index (χ0v) is 20.1. The van der Waals surface area contributed by atoms with Gasteiger partial charge in [0.15, 0.2) is 0 Å². The highest BCUT2D eigenvalue weighted by Gasteiger charge is 2.45. The van der Waals surface area contributed by atoms with Crippen molar-refractivity contribution in [3.05, 3.63) is 89.3 Å². The number of rotatable bonds is 8. The van der Waals surface area contributed by atoms with Gasteiger partial charge < -0.3 is 23.3 Å². The van der Waals surface area contributed by atoms with Crippen LogP contribution in [0.3, 0.4) is 0 Å². The fourth-order valence-electron chi connectivity index (χ4n) is 4.10. The molecule has 34 heavy (non-hydrogen) atoms. The van der Waals surface area contributed by atoms with E-state index < -0.39 is 5.79 Å². The van der Waals surface area contributed by atoms with Crippen LogP contribution >= 0.6 is 23.2 Å². The van der Waals surface area contributed by atoms with Crippen LogP contribution in [0.4, 0.5) is 0 Å². The number of ether oxygens (including phenoxy) is 3. The third-order valence-corrected chi connectivity index (χ3v) is 6.34. The van der Waals surface area contributed by atoms with Crippen LogP contribution in [0.25, 0.3) is 11.3 Å². The van der Waals surface area contributed by atoms with E-state index in [1.165, 1.54) is 0 Å². The van der Waals surface area contributed by atoms with E-state index in [1.807, 2.05) is 53.6 Å². The summed E-state index contributed by atoms with van der Waals surface area (Å²) >= 11 is 12.6. The summed E-state index contributed by atoms with van der Waals surface area (Å²) in [4.78, 5) is 8.36. The SMILES string of the molecule is CCn1cncc1-c1ccc(OC[C@@H]2CO[C@@](Cn3ccnc3)(c3ccc(Cl)cc3Cl)O2)cc1. The van der Waals surface area contributed by atoms with Gasteiger partial charge in [-0.3, -0.25) is 0 Å². The third-order valence-electron chi connectivity index (χ3n) is 5.79. The predicted molar refractivity (Wildman–Crippen MR) is 130 cm³/mol. The van der Waals surface area contributed by atoms with Crippen LogP contribution in [0.15, 0.2) is 73.7 Å². The van der Waals surface area contributed by atoms with Crippen molar-refractivity contribution >= 4 is 23.2 Å². The molecule has 1 fully saturated rings. The lowest BCUT2D eigenvalue weighted by atomic mass is 10.1. The van der Waals surface area contributed by atoms with Gasteiger partial charge in [0.2, 0.25) is 5.79 Å². The molecule has 1 aliphatic rings. The molecular formula is C25H24Cl2N4O3. The maximum Gasteiger partial charge on any atom is 0.215 e. The van der Waals surface area contributed by atoms with Gasteiger partial charge in [0, 0.05) is 35.1 Å². The van der Waals surface area contributed by atoms with Crippen LogP contribution < -0.4 is 4.74 Å². The Hall–Kier alpha value is -2.84. The monoisotopic (exact) mass is 498 g/mol. The van der Waals surface area contributed by atoms with Crippen LogP contribution in [0.1, 0.15) is 12.5 Å². The molecule has 0 radical (unpaired) electrons. The molecule has 2 aromatic heterocycles. The number of aryl methyl sites for hydroxylation is 1. The van der Waals surface area contributed by atoms with E-state index in [4.69, 9.17) is 37.4 Å². The highest BCUT2D eigenvalue weighted by Crippen LogP contribution is 2.40. The van der Waals surface area contributed by atoms with Gasteiger partial charge in [-0.1, -0.05) is 29.3 Å². The number of hydrogen-bond donors (Lipinski definition) is 0. The maximum absolute atomic E-state index is 6.53. The highest BCUT2D eigenvalue weighted by atomic mass is 35.5. The molecule has 0 spiro atoms. The number of benzene rings is 2. The molecular weight excluding hydrogens is 475 g/mol. The Morgan fingerprint density at radius 2 is 1.97 bits per heavy atom. The number of imidazole rings is 2. The minimum Gasteiger partial charge on any atom is -0.491 e. The van der Waals surface area contributed by atoms with Crippen LogP contribution in [0.2, 0.25) is 10.0 Å². The molecule has 3 heterocycles. The molecule has 0 N–H and O–H groups in total. The second kappa shape index (κ2) is 9.80. The molecule has 176 valence electrons. The smallest absolute Gasteiger partial charge is 0.215 e. The highest BCUT2D eigenvalue weighted by molar-refractivity contribution is 6.35. The number of halogens is 2. The van der Waals surface area contributed by atoms with Gasteiger partial charge in [0.05, 0.1) is 42.7 Å². The molecule has 1 saturated heterocycles. The fraction of sp³-hybridized carbons (Fsp3) is 0.280. The Bertz CT molecular complexity index is 1240. The van der Waals surface area contributed by atoms with Crippen LogP contribution in [0, 0.1) is 0 Å². The van der Waals surface area contributed by atoms with Gasteiger partial charge in [-0.15, -0.1) is 0 Å². The lowest BCUT2D eigenvalue weighted by Gasteiger charge is -2.30. The van der Waals surface area contributed by atoms with Crippen molar-refractivity contribution in [2.75, 3.05) is 13.2 Å². The van der Waals surface area contributed by atoms with Crippen molar-refractivity contribution < 1.29 is 14.2 Å². The average Bonchev–Trinajstić information content (AvgIpc) is 3.60. The van der Waals surface area contributed by atoms with Gasteiger partial charge in [0.25, 0.3) is 0 Å². The first-order valence-corrected chi connectivity index (χ1v) is 11.8. The summed E-state index contributed by atoms with van der Waals surface area (Å²) in [7, 11) is 0. The van der Waals surface area contributed by atoms with Crippen LogP contribution in [-0.4, -0.2) is 38.4 Å². The lowest BCUT2D eigenvalue weighted by Crippen LogP contribution is -2.34. The molecule has 4 aromatic rings. The summed E-state index contributed by atoms with van der Waals surface area (Å²) in [5, 5.41) is 1.03. The molecule has 0 saturated carbocycles.